The largest absolute Gasteiger partial charge is 0.342 e. The zero-order chi connectivity index (χ0) is 15.6. The van der Waals surface area contributed by atoms with Crippen LogP contribution in [0.4, 0.5) is 0 Å². The van der Waals surface area contributed by atoms with E-state index < -0.39 is 5.54 Å². The molecule has 1 saturated heterocycles. The molecular formula is C17H30N2O2. The molecule has 0 aromatic rings. The maximum atomic E-state index is 12.9. The second kappa shape index (κ2) is 6.37. The fourth-order valence-electron chi connectivity index (χ4n) is 3.61. The Morgan fingerprint density at radius 3 is 2.43 bits per heavy atom. The molecule has 2 aliphatic rings. The maximum Gasteiger partial charge on any atom is 0.246 e. The SMILES string of the molecule is CCC(C)C1NC(=O)C(C)(CC)N(CC2CCCC2)C1=O. The van der Waals surface area contributed by atoms with Gasteiger partial charge >= 0.3 is 0 Å². The Labute approximate surface area is 128 Å². The topological polar surface area (TPSA) is 49.4 Å². The van der Waals surface area contributed by atoms with Crippen LogP contribution in [0.2, 0.25) is 0 Å². The fourth-order valence-corrected chi connectivity index (χ4v) is 3.61. The number of nitrogens with one attached hydrogen (secondary N) is 1. The van der Waals surface area contributed by atoms with Crippen LogP contribution in [0.15, 0.2) is 0 Å². The molecule has 3 atom stereocenters. The molecule has 1 saturated carbocycles. The number of hydrogen-bond donors (Lipinski definition) is 1. The normalized spacial score (nSPS) is 32.4. The predicted octanol–water partition coefficient (Wildman–Crippen LogP) is 2.72. The molecule has 3 unspecified atom stereocenters. The van der Waals surface area contributed by atoms with Crippen LogP contribution in [0.25, 0.3) is 0 Å². The molecule has 1 N–H and O–H groups in total. The minimum absolute atomic E-state index is 0.0212. The van der Waals surface area contributed by atoms with Crippen LogP contribution in [0.1, 0.15) is 66.2 Å². The predicted molar refractivity (Wildman–Crippen MR) is 83.8 cm³/mol. The second-order valence-electron chi connectivity index (χ2n) is 7.06. The van der Waals surface area contributed by atoms with E-state index in [-0.39, 0.29) is 23.8 Å². The highest BCUT2D eigenvalue weighted by atomic mass is 16.2. The van der Waals surface area contributed by atoms with E-state index in [1.54, 1.807) is 0 Å². The van der Waals surface area contributed by atoms with Crippen molar-refractivity contribution in [1.29, 1.82) is 0 Å². The number of rotatable bonds is 5. The van der Waals surface area contributed by atoms with E-state index in [0.29, 0.717) is 12.3 Å². The Kier molecular flexibility index (Phi) is 4.95. The first-order chi connectivity index (χ1) is 9.93. The van der Waals surface area contributed by atoms with Gasteiger partial charge < -0.3 is 10.2 Å². The van der Waals surface area contributed by atoms with E-state index in [4.69, 9.17) is 0 Å². The first-order valence-corrected chi connectivity index (χ1v) is 8.56. The second-order valence-corrected chi connectivity index (χ2v) is 7.06. The molecule has 4 heteroatoms. The number of piperazine rings is 1. The molecule has 4 nitrogen and oxygen atoms in total. The Hall–Kier alpha value is -1.06. The lowest BCUT2D eigenvalue weighted by Crippen LogP contribution is -2.71. The zero-order valence-electron chi connectivity index (χ0n) is 13.9. The molecule has 2 fully saturated rings. The molecule has 120 valence electrons. The van der Waals surface area contributed by atoms with Crippen LogP contribution >= 0.6 is 0 Å². The lowest BCUT2D eigenvalue weighted by molar-refractivity contribution is -0.159. The highest BCUT2D eigenvalue weighted by Gasteiger charge is 2.49. The van der Waals surface area contributed by atoms with Gasteiger partial charge in [0.05, 0.1) is 0 Å². The summed E-state index contributed by atoms with van der Waals surface area (Å²) in [6.07, 6.45) is 6.48. The van der Waals surface area contributed by atoms with Crippen LogP contribution < -0.4 is 5.32 Å². The van der Waals surface area contributed by atoms with Gasteiger partial charge in [-0.2, -0.15) is 0 Å². The lowest BCUT2D eigenvalue weighted by Gasteiger charge is -2.48. The van der Waals surface area contributed by atoms with Crippen molar-refractivity contribution >= 4 is 11.8 Å². The van der Waals surface area contributed by atoms with Crippen molar-refractivity contribution in [3.8, 4) is 0 Å². The summed E-state index contributed by atoms with van der Waals surface area (Å²) in [5.74, 6) is 0.908. The highest BCUT2D eigenvalue weighted by molar-refractivity contribution is 5.99. The summed E-state index contributed by atoms with van der Waals surface area (Å²) in [7, 11) is 0. The van der Waals surface area contributed by atoms with Crippen molar-refractivity contribution in [3.63, 3.8) is 0 Å². The molecule has 21 heavy (non-hydrogen) atoms. The molecule has 1 aliphatic carbocycles. The van der Waals surface area contributed by atoms with E-state index >= 15 is 0 Å². The van der Waals surface area contributed by atoms with Gasteiger partial charge in [0.2, 0.25) is 11.8 Å². The van der Waals surface area contributed by atoms with Crippen LogP contribution in [0, 0.1) is 11.8 Å². The standard InChI is InChI=1S/C17H30N2O2/c1-5-12(3)14-15(20)19(11-13-9-7-8-10-13)17(4,6-2)16(21)18-14/h12-14H,5-11H2,1-4H3,(H,18,21). The van der Waals surface area contributed by atoms with Gasteiger partial charge in [-0.3, -0.25) is 9.59 Å². The Morgan fingerprint density at radius 1 is 1.29 bits per heavy atom. The number of carbonyl (C=O) groups is 2. The molecule has 1 aliphatic heterocycles. The van der Waals surface area contributed by atoms with Gasteiger partial charge in [0.25, 0.3) is 0 Å². The average Bonchev–Trinajstić information content (AvgIpc) is 2.99. The maximum absolute atomic E-state index is 12.9. The summed E-state index contributed by atoms with van der Waals surface area (Å²) < 4.78 is 0. The van der Waals surface area contributed by atoms with Gasteiger partial charge in [-0.1, -0.05) is 40.0 Å². The first-order valence-electron chi connectivity index (χ1n) is 8.56. The highest BCUT2D eigenvalue weighted by Crippen LogP contribution is 2.32. The minimum Gasteiger partial charge on any atom is -0.342 e. The summed E-state index contributed by atoms with van der Waals surface area (Å²) in [5, 5.41) is 2.98. The third kappa shape index (κ3) is 2.95. The number of amides is 2. The van der Waals surface area contributed by atoms with Crippen molar-refractivity contribution in [3.05, 3.63) is 0 Å². The molecule has 0 aromatic heterocycles. The number of nitrogens with zero attached hydrogens (tertiary/aromatic N) is 1. The average molecular weight is 294 g/mol. The van der Waals surface area contributed by atoms with Crippen molar-refractivity contribution in [2.24, 2.45) is 11.8 Å². The van der Waals surface area contributed by atoms with Gasteiger partial charge in [0.1, 0.15) is 11.6 Å². The first kappa shape index (κ1) is 16.3. The quantitative estimate of drug-likeness (QED) is 0.847. The van der Waals surface area contributed by atoms with Crippen molar-refractivity contribution in [2.45, 2.75) is 77.8 Å². The number of hydrogen-bond acceptors (Lipinski definition) is 2. The Balaban J connectivity index is 2.23. The van der Waals surface area contributed by atoms with Gasteiger partial charge in [0, 0.05) is 6.54 Å². The van der Waals surface area contributed by atoms with E-state index in [2.05, 4.69) is 12.2 Å². The third-order valence-electron chi connectivity index (χ3n) is 5.72. The molecule has 0 aromatic carbocycles. The molecule has 0 spiro atoms. The molecule has 2 rings (SSSR count). The van der Waals surface area contributed by atoms with Crippen LogP contribution in [-0.4, -0.2) is 34.8 Å². The van der Waals surface area contributed by atoms with Gasteiger partial charge in [-0.15, -0.1) is 0 Å². The molecule has 0 radical (unpaired) electrons. The van der Waals surface area contributed by atoms with Crippen LogP contribution in [0.3, 0.4) is 0 Å². The molecule has 0 bridgehead atoms. The minimum atomic E-state index is -0.677. The lowest BCUT2D eigenvalue weighted by atomic mass is 9.85. The molecule has 2 amide bonds. The van der Waals surface area contributed by atoms with Crippen LogP contribution in [0.5, 0.6) is 0 Å². The molecule has 1 heterocycles. The summed E-state index contributed by atoms with van der Waals surface area (Å²) in [4.78, 5) is 27.4. The van der Waals surface area contributed by atoms with Crippen LogP contribution in [-0.2, 0) is 9.59 Å². The molecular weight excluding hydrogens is 264 g/mol. The van der Waals surface area contributed by atoms with E-state index in [1.165, 1.54) is 25.7 Å². The number of carbonyl (C=O) groups excluding carboxylic acids is 2. The van der Waals surface area contributed by atoms with Gasteiger partial charge in [-0.05, 0) is 38.0 Å². The fraction of sp³-hybridized carbons (Fsp3) is 0.882. The van der Waals surface area contributed by atoms with Crippen molar-refractivity contribution < 1.29 is 9.59 Å². The van der Waals surface area contributed by atoms with E-state index in [9.17, 15) is 9.59 Å². The van der Waals surface area contributed by atoms with Crippen molar-refractivity contribution in [1.82, 2.24) is 10.2 Å². The van der Waals surface area contributed by atoms with E-state index in [0.717, 1.165) is 13.0 Å². The summed E-state index contributed by atoms with van der Waals surface area (Å²) in [6, 6.07) is -0.344. The summed E-state index contributed by atoms with van der Waals surface area (Å²) in [6.45, 7) is 8.79. The zero-order valence-corrected chi connectivity index (χ0v) is 13.9. The van der Waals surface area contributed by atoms with Gasteiger partial charge in [-0.25, -0.2) is 0 Å². The van der Waals surface area contributed by atoms with Gasteiger partial charge in [0.15, 0.2) is 0 Å². The smallest absolute Gasteiger partial charge is 0.246 e. The monoisotopic (exact) mass is 294 g/mol. The Morgan fingerprint density at radius 2 is 1.90 bits per heavy atom. The third-order valence-corrected chi connectivity index (χ3v) is 5.72. The summed E-state index contributed by atoms with van der Waals surface area (Å²) >= 11 is 0. The summed E-state index contributed by atoms with van der Waals surface area (Å²) in [5.41, 5.74) is -0.677. The Bertz CT molecular complexity index is 404. The van der Waals surface area contributed by atoms with Crippen molar-refractivity contribution in [2.75, 3.05) is 6.54 Å². The van der Waals surface area contributed by atoms with E-state index in [1.807, 2.05) is 25.7 Å².